The van der Waals surface area contributed by atoms with E-state index in [0.717, 1.165) is 30.3 Å². The highest BCUT2D eigenvalue weighted by Crippen LogP contribution is 2.42. The van der Waals surface area contributed by atoms with Crippen molar-refractivity contribution in [3.05, 3.63) is 151 Å². The Bertz CT molecular complexity index is 2410. The van der Waals surface area contributed by atoms with Gasteiger partial charge in [-0.25, -0.2) is 18.7 Å². The van der Waals surface area contributed by atoms with Gasteiger partial charge in [-0.15, -0.1) is 0 Å². The molecule has 2 N–H and O–H groups in total. The van der Waals surface area contributed by atoms with Gasteiger partial charge < -0.3 is 15.2 Å². The van der Waals surface area contributed by atoms with E-state index in [-0.39, 0.29) is 40.2 Å². The molecule has 18 heteroatoms. The van der Waals surface area contributed by atoms with E-state index >= 15 is 0 Å². The van der Waals surface area contributed by atoms with Crippen molar-refractivity contribution in [2.45, 2.75) is 26.2 Å². The fraction of sp³-hybridized carbons (Fsp3) is 0.105. The van der Waals surface area contributed by atoms with Crippen molar-refractivity contribution in [3.8, 4) is 45.5 Å². The maximum absolute atomic E-state index is 13.2. The van der Waals surface area contributed by atoms with Gasteiger partial charge in [0, 0.05) is 11.6 Å². The zero-order chi connectivity index (χ0) is 41.1. The molecule has 6 rings (SSSR count). The third kappa shape index (κ3) is 9.80. The fourth-order valence-electron chi connectivity index (χ4n) is 4.98. The topological polar surface area (TPSA) is 113 Å². The molecule has 6 aromatic rings. The van der Waals surface area contributed by atoms with Gasteiger partial charge in [0.1, 0.15) is 28.8 Å². The number of nitrogens with two attached hydrogens (primary N) is 1. The monoisotopic (exact) mass is 822 g/mol. The molecule has 56 heavy (non-hydrogen) atoms. The van der Waals surface area contributed by atoms with E-state index in [4.69, 9.17) is 38.4 Å². The Hall–Kier alpha value is -6.00. The summed E-state index contributed by atoms with van der Waals surface area (Å²) in [7, 11) is 0. The molecule has 0 spiro atoms. The quantitative estimate of drug-likeness (QED) is 0.0969. The SMILES string of the molecule is Cc1nc(Oc2ccc(Cl)c(C(F)(F)F)c2)c(-c2ccc(F)cc2)cc1N.Cc1nc(Oc2ccc(Cl)c(C(F)(F)F)c2)c(-c2ccc(F)cc2)cc1[N+](=O)[O-]. The lowest BCUT2D eigenvalue weighted by molar-refractivity contribution is -0.385. The first-order valence-electron chi connectivity index (χ1n) is 15.8. The first-order valence-corrected chi connectivity index (χ1v) is 16.5. The minimum atomic E-state index is -4.70. The Morgan fingerprint density at radius 1 is 0.625 bits per heavy atom. The van der Waals surface area contributed by atoms with Crippen molar-refractivity contribution < 1.29 is 49.5 Å². The second kappa shape index (κ2) is 16.4. The minimum Gasteiger partial charge on any atom is -0.438 e. The predicted octanol–water partition coefficient (Wildman–Crippen LogP) is 12.8. The number of benzene rings is 4. The van der Waals surface area contributed by atoms with Crippen LogP contribution in [0.25, 0.3) is 22.3 Å². The highest BCUT2D eigenvalue weighted by molar-refractivity contribution is 6.31. The van der Waals surface area contributed by atoms with Crippen LogP contribution in [0.15, 0.2) is 97.1 Å². The summed E-state index contributed by atoms with van der Waals surface area (Å²) in [6, 6.07) is 19.3. The summed E-state index contributed by atoms with van der Waals surface area (Å²) in [4.78, 5) is 18.9. The summed E-state index contributed by atoms with van der Waals surface area (Å²) in [6.45, 7) is 3.00. The molecule has 0 bridgehead atoms. The van der Waals surface area contributed by atoms with Crippen molar-refractivity contribution in [1.29, 1.82) is 0 Å². The molecular weight excluding hydrogens is 799 g/mol. The summed E-state index contributed by atoms with van der Waals surface area (Å²) in [5.41, 5.74) is 5.70. The molecule has 0 unspecified atom stereocenters. The summed E-state index contributed by atoms with van der Waals surface area (Å²) in [5.74, 6) is -1.39. The van der Waals surface area contributed by atoms with Crippen LogP contribution in [0.2, 0.25) is 10.0 Å². The van der Waals surface area contributed by atoms with Crippen LogP contribution in [-0.2, 0) is 12.4 Å². The summed E-state index contributed by atoms with van der Waals surface area (Å²) in [6.07, 6.45) is -9.32. The zero-order valence-corrected chi connectivity index (χ0v) is 30.1. The van der Waals surface area contributed by atoms with Gasteiger partial charge in [-0.2, -0.15) is 26.3 Å². The number of nitro groups is 1. The lowest BCUT2D eigenvalue weighted by Crippen LogP contribution is -2.06. The smallest absolute Gasteiger partial charge is 0.417 e. The molecule has 290 valence electrons. The molecule has 0 amide bonds. The Morgan fingerprint density at radius 3 is 1.41 bits per heavy atom. The standard InChI is InChI=1S/C19H11ClF4N2O3.C19H13ClF4N2O/c1-10-17(26(27)28)9-14(11-2-4-12(21)5-3-11)18(25-10)29-13-6-7-16(20)15(8-13)19(22,23)24;1-10-17(25)9-14(11-2-4-12(21)5-3-11)18(26-10)27-13-6-7-16(20)15(8-13)19(22,23)24/h2-9H,1H3;2-9H,25H2,1H3. The fourth-order valence-corrected chi connectivity index (χ4v) is 5.43. The number of halogens is 10. The van der Waals surface area contributed by atoms with Crippen LogP contribution >= 0.6 is 23.2 Å². The summed E-state index contributed by atoms with van der Waals surface area (Å²) in [5, 5.41) is 10.3. The molecule has 0 aliphatic carbocycles. The minimum absolute atomic E-state index is 0.000806. The number of aromatic nitrogens is 2. The number of anilines is 1. The number of nitrogens with zero attached hydrogens (tertiary/aromatic N) is 3. The average Bonchev–Trinajstić information content (AvgIpc) is 3.11. The van der Waals surface area contributed by atoms with Gasteiger partial charge in [0.25, 0.3) is 5.69 Å². The van der Waals surface area contributed by atoms with Crippen LogP contribution in [0.4, 0.5) is 46.5 Å². The van der Waals surface area contributed by atoms with E-state index in [2.05, 4.69) is 9.97 Å². The Kier molecular flexibility index (Phi) is 12.0. The lowest BCUT2D eigenvalue weighted by Gasteiger charge is -2.15. The van der Waals surface area contributed by atoms with Gasteiger partial charge in [0.05, 0.1) is 43.0 Å². The Balaban J connectivity index is 0.000000215. The number of hydrogen-bond donors (Lipinski definition) is 1. The van der Waals surface area contributed by atoms with Crippen molar-refractivity contribution in [2.75, 3.05) is 5.73 Å². The maximum atomic E-state index is 13.2. The lowest BCUT2D eigenvalue weighted by atomic mass is 10.1. The maximum Gasteiger partial charge on any atom is 0.417 e. The van der Waals surface area contributed by atoms with Gasteiger partial charge in [0.15, 0.2) is 0 Å². The largest absolute Gasteiger partial charge is 0.438 e. The number of pyridine rings is 2. The van der Waals surface area contributed by atoms with E-state index in [1.165, 1.54) is 61.5 Å². The molecular formula is C38H24Cl2F8N4O4. The van der Waals surface area contributed by atoms with Gasteiger partial charge in [-0.05, 0) is 91.7 Å². The van der Waals surface area contributed by atoms with E-state index in [9.17, 15) is 45.2 Å². The number of rotatable bonds is 7. The third-order valence-corrected chi connectivity index (χ3v) is 8.45. The molecule has 4 aromatic carbocycles. The van der Waals surface area contributed by atoms with Crippen molar-refractivity contribution in [3.63, 3.8) is 0 Å². The second-order valence-corrected chi connectivity index (χ2v) is 12.5. The first-order chi connectivity index (χ1) is 26.2. The number of ether oxygens (including phenoxy) is 2. The van der Waals surface area contributed by atoms with Crippen molar-refractivity contribution in [1.82, 2.24) is 9.97 Å². The third-order valence-electron chi connectivity index (χ3n) is 7.79. The van der Waals surface area contributed by atoms with Gasteiger partial charge in [0.2, 0.25) is 11.8 Å². The molecule has 2 heterocycles. The van der Waals surface area contributed by atoms with E-state index in [1.807, 2.05) is 0 Å². The molecule has 0 fully saturated rings. The summed E-state index contributed by atoms with van der Waals surface area (Å²) < 4.78 is 116. The zero-order valence-electron chi connectivity index (χ0n) is 28.6. The molecule has 0 aliphatic rings. The predicted molar refractivity (Wildman–Crippen MR) is 193 cm³/mol. The molecule has 0 radical (unpaired) electrons. The normalized spacial score (nSPS) is 11.4. The van der Waals surface area contributed by atoms with Crippen LogP contribution in [0.1, 0.15) is 22.5 Å². The van der Waals surface area contributed by atoms with Crippen molar-refractivity contribution in [2.24, 2.45) is 0 Å². The van der Waals surface area contributed by atoms with E-state index in [1.54, 1.807) is 13.0 Å². The van der Waals surface area contributed by atoms with Crippen molar-refractivity contribution >= 4 is 34.6 Å². The van der Waals surface area contributed by atoms with E-state index in [0.29, 0.717) is 34.1 Å². The number of nitrogen functional groups attached to an aromatic ring is 1. The summed E-state index contributed by atoms with van der Waals surface area (Å²) >= 11 is 11.2. The average molecular weight is 824 g/mol. The highest BCUT2D eigenvalue weighted by atomic mass is 35.5. The van der Waals surface area contributed by atoms with Gasteiger partial charge in [-0.1, -0.05) is 47.5 Å². The highest BCUT2D eigenvalue weighted by Gasteiger charge is 2.35. The van der Waals surface area contributed by atoms with Crippen LogP contribution in [-0.4, -0.2) is 14.9 Å². The molecule has 0 saturated carbocycles. The molecule has 0 saturated heterocycles. The molecule has 8 nitrogen and oxygen atoms in total. The van der Waals surface area contributed by atoms with Crippen LogP contribution in [0.5, 0.6) is 23.3 Å². The molecule has 0 atom stereocenters. The van der Waals surface area contributed by atoms with Crippen LogP contribution in [0.3, 0.4) is 0 Å². The van der Waals surface area contributed by atoms with E-state index < -0.39 is 50.1 Å². The number of aryl methyl sites for hydroxylation is 2. The van der Waals surface area contributed by atoms with Crippen LogP contribution in [0, 0.1) is 35.6 Å². The Labute approximate surface area is 322 Å². The van der Waals surface area contributed by atoms with Gasteiger partial charge >= 0.3 is 12.4 Å². The molecule has 0 aliphatic heterocycles. The number of alkyl halides is 6. The second-order valence-electron chi connectivity index (χ2n) is 11.7. The molecule has 2 aromatic heterocycles. The number of hydrogen-bond acceptors (Lipinski definition) is 7. The Morgan fingerprint density at radius 2 is 1.02 bits per heavy atom. The van der Waals surface area contributed by atoms with Gasteiger partial charge in [-0.3, -0.25) is 10.1 Å². The first kappa shape index (κ1) is 41.2. The van der Waals surface area contributed by atoms with Crippen LogP contribution < -0.4 is 15.2 Å².